The average Bonchev–Trinajstić information content (AvgIpc) is 3.08. The molecule has 2 aliphatic rings. The lowest BCUT2D eigenvalue weighted by Crippen LogP contribution is -2.48. The van der Waals surface area contributed by atoms with E-state index in [-0.39, 0.29) is 17.2 Å². The Morgan fingerprint density at radius 3 is 2.54 bits per heavy atom. The van der Waals surface area contributed by atoms with Crippen molar-refractivity contribution in [2.75, 3.05) is 19.8 Å². The van der Waals surface area contributed by atoms with Crippen LogP contribution in [0.1, 0.15) is 45.1 Å². The van der Waals surface area contributed by atoms with Gasteiger partial charge in [0.2, 0.25) is 5.91 Å². The van der Waals surface area contributed by atoms with Crippen LogP contribution >= 0.6 is 0 Å². The summed E-state index contributed by atoms with van der Waals surface area (Å²) in [6.07, 6.45) is 4.51. The second-order valence-electron chi connectivity index (χ2n) is 7.33. The molecule has 1 aromatic rings. The SMILES string of the molecule is CC(C)[C@H](N)C(=O)NCC1(c2ccc3c(c2)OCCO3)CCCC1. The third kappa shape index (κ3) is 3.36. The van der Waals surface area contributed by atoms with Gasteiger partial charge in [-0.2, -0.15) is 0 Å². The zero-order chi connectivity index (χ0) is 17.2. The number of benzene rings is 1. The van der Waals surface area contributed by atoms with Crippen molar-refractivity contribution in [3.05, 3.63) is 23.8 Å². The molecule has 1 saturated carbocycles. The van der Waals surface area contributed by atoms with Crippen LogP contribution in [0.15, 0.2) is 18.2 Å². The van der Waals surface area contributed by atoms with Crippen LogP contribution in [0.4, 0.5) is 0 Å². The first-order chi connectivity index (χ1) is 11.5. The molecule has 1 amide bonds. The van der Waals surface area contributed by atoms with Crippen molar-refractivity contribution in [3.8, 4) is 11.5 Å². The molecule has 0 saturated heterocycles. The Labute approximate surface area is 143 Å². The Morgan fingerprint density at radius 2 is 1.88 bits per heavy atom. The van der Waals surface area contributed by atoms with Crippen LogP contribution in [0.5, 0.6) is 11.5 Å². The molecule has 0 radical (unpaired) electrons. The Morgan fingerprint density at radius 1 is 1.21 bits per heavy atom. The second kappa shape index (κ2) is 7.01. The summed E-state index contributed by atoms with van der Waals surface area (Å²) in [5.41, 5.74) is 7.17. The first-order valence-electron chi connectivity index (χ1n) is 8.95. The topological polar surface area (TPSA) is 73.6 Å². The zero-order valence-electron chi connectivity index (χ0n) is 14.6. The standard InChI is InChI=1S/C19H28N2O3/c1-13(2)17(20)18(22)21-12-19(7-3-4-8-19)14-5-6-15-16(11-14)24-10-9-23-15/h5-6,11,13,17H,3-4,7-10,12,20H2,1-2H3,(H,21,22)/t17-/m0/s1. The highest BCUT2D eigenvalue weighted by Gasteiger charge is 2.37. The van der Waals surface area contributed by atoms with Crippen LogP contribution in [0.3, 0.4) is 0 Å². The van der Waals surface area contributed by atoms with E-state index >= 15 is 0 Å². The molecule has 3 rings (SSSR count). The van der Waals surface area contributed by atoms with E-state index < -0.39 is 6.04 Å². The van der Waals surface area contributed by atoms with Crippen molar-refractivity contribution in [1.29, 1.82) is 0 Å². The molecule has 24 heavy (non-hydrogen) atoms. The maximum atomic E-state index is 12.3. The van der Waals surface area contributed by atoms with Crippen LogP contribution in [0.25, 0.3) is 0 Å². The average molecular weight is 332 g/mol. The Kier molecular flexibility index (Phi) is 4.99. The van der Waals surface area contributed by atoms with Gasteiger partial charge in [-0.15, -0.1) is 0 Å². The van der Waals surface area contributed by atoms with E-state index in [0.29, 0.717) is 19.8 Å². The molecule has 1 aliphatic heterocycles. The monoisotopic (exact) mass is 332 g/mol. The number of amides is 1. The molecular formula is C19H28N2O3. The molecule has 1 aliphatic carbocycles. The maximum Gasteiger partial charge on any atom is 0.237 e. The minimum Gasteiger partial charge on any atom is -0.486 e. The lowest BCUT2D eigenvalue weighted by atomic mass is 9.78. The molecule has 1 atom stereocenters. The first kappa shape index (κ1) is 17.1. The number of nitrogens with one attached hydrogen (secondary N) is 1. The van der Waals surface area contributed by atoms with Crippen LogP contribution in [0, 0.1) is 5.92 Å². The highest BCUT2D eigenvalue weighted by Crippen LogP contribution is 2.43. The van der Waals surface area contributed by atoms with Crippen molar-refractivity contribution in [3.63, 3.8) is 0 Å². The molecule has 0 spiro atoms. The van der Waals surface area contributed by atoms with Gasteiger partial charge < -0.3 is 20.5 Å². The van der Waals surface area contributed by atoms with Gasteiger partial charge in [0.05, 0.1) is 6.04 Å². The summed E-state index contributed by atoms with van der Waals surface area (Å²) in [7, 11) is 0. The quantitative estimate of drug-likeness (QED) is 0.868. The fourth-order valence-electron chi connectivity index (χ4n) is 3.67. The molecule has 0 aromatic heterocycles. The van der Waals surface area contributed by atoms with E-state index in [2.05, 4.69) is 17.4 Å². The molecule has 0 bridgehead atoms. The predicted molar refractivity (Wildman–Crippen MR) is 93.4 cm³/mol. The van der Waals surface area contributed by atoms with Crippen LogP contribution < -0.4 is 20.5 Å². The molecule has 5 heteroatoms. The maximum absolute atomic E-state index is 12.3. The highest BCUT2D eigenvalue weighted by molar-refractivity contribution is 5.81. The van der Waals surface area contributed by atoms with Gasteiger partial charge >= 0.3 is 0 Å². The van der Waals surface area contributed by atoms with Gasteiger partial charge in [-0.05, 0) is 36.5 Å². The van der Waals surface area contributed by atoms with Gasteiger partial charge in [0.1, 0.15) is 13.2 Å². The fraction of sp³-hybridized carbons (Fsp3) is 0.632. The van der Waals surface area contributed by atoms with Gasteiger partial charge in [0.25, 0.3) is 0 Å². The smallest absolute Gasteiger partial charge is 0.237 e. The molecule has 1 fully saturated rings. The van der Waals surface area contributed by atoms with E-state index in [1.165, 1.54) is 18.4 Å². The number of hydrogen-bond acceptors (Lipinski definition) is 4. The summed E-state index contributed by atoms with van der Waals surface area (Å²) >= 11 is 0. The molecule has 3 N–H and O–H groups in total. The van der Waals surface area contributed by atoms with Gasteiger partial charge in [-0.25, -0.2) is 0 Å². The van der Waals surface area contributed by atoms with Gasteiger partial charge in [0.15, 0.2) is 11.5 Å². The number of rotatable bonds is 5. The second-order valence-corrected chi connectivity index (χ2v) is 7.33. The molecular weight excluding hydrogens is 304 g/mol. The summed E-state index contributed by atoms with van der Waals surface area (Å²) in [5.74, 6) is 1.70. The predicted octanol–water partition coefficient (Wildman–Crippen LogP) is 2.37. The number of fused-ring (bicyclic) bond motifs is 1. The Bertz CT molecular complexity index is 594. The summed E-state index contributed by atoms with van der Waals surface area (Å²) < 4.78 is 11.4. The molecule has 0 unspecified atom stereocenters. The summed E-state index contributed by atoms with van der Waals surface area (Å²) in [4.78, 5) is 12.3. The number of hydrogen-bond donors (Lipinski definition) is 2. The lowest BCUT2D eigenvalue weighted by molar-refractivity contribution is -0.123. The largest absolute Gasteiger partial charge is 0.486 e. The number of ether oxygens (including phenoxy) is 2. The van der Waals surface area contributed by atoms with Gasteiger partial charge in [0, 0.05) is 12.0 Å². The molecule has 5 nitrogen and oxygen atoms in total. The summed E-state index contributed by atoms with van der Waals surface area (Å²) in [5, 5.41) is 3.09. The molecule has 1 aromatic carbocycles. The Hall–Kier alpha value is -1.75. The first-order valence-corrected chi connectivity index (χ1v) is 8.95. The van der Waals surface area contributed by atoms with Crippen LogP contribution in [-0.4, -0.2) is 31.7 Å². The van der Waals surface area contributed by atoms with Gasteiger partial charge in [-0.1, -0.05) is 32.8 Å². The minimum absolute atomic E-state index is 0.0256. The fourth-order valence-corrected chi connectivity index (χ4v) is 3.67. The van der Waals surface area contributed by atoms with Crippen LogP contribution in [0.2, 0.25) is 0 Å². The normalized spacial score (nSPS) is 20.0. The summed E-state index contributed by atoms with van der Waals surface area (Å²) in [6, 6.07) is 5.75. The number of nitrogens with two attached hydrogens (primary N) is 1. The molecule has 1 heterocycles. The van der Waals surface area contributed by atoms with E-state index in [1.54, 1.807) is 0 Å². The van der Waals surface area contributed by atoms with E-state index in [4.69, 9.17) is 15.2 Å². The van der Waals surface area contributed by atoms with E-state index in [1.807, 2.05) is 19.9 Å². The van der Waals surface area contributed by atoms with Crippen molar-refractivity contribution in [1.82, 2.24) is 5.32 Å². The van der Waals surface area contributed by atoms with Gasteiger partial charge in [-0.3, -0.25) is 4.79 Å². The van der Waals surface area contributed by atoms with E-state index in [0.717, 1.165) is 24.3 Å². The minimum atomic E-state index is -0.455. The van der Waals surface area contributed by atoms with Crippen molar-refractivity contribution in [2.45, 2.75) is 51.0 Å². The van der Waals surface area contributed by atoms with Crippen molar-refractivity contribution in [2.24, 2.45) is 11.7 Å². The number of carbonyl (C=O) groups excluding carboxylic acids is 1. The van der Waals surface area contributed by atoms with E-state index in [9.17, 15) is 4.79 Å². The third-order valence-corrected chi connectivity index (χ3v) is 5.34. The van der Waals surface area contributed by atoms with Crippen LogP contribution in [-0.2, 0) is 10.2 Å². The zero-order valence-corrected chi connectivity index (χ0v) is 14.6. The third-order valence-electron chi connectivity index (χ3n) is 5.34. The summed E-state index contributed by atoms with van der Waals surface area (Å²) in [6.45, 7) is 5.75. The highest BCUT2D eigenvalue weighted by atomic mass is 16.6. The molecule has 132 valence electrons. The number of carbonyl (C=O) groups is 1. The Balaban J connectivity index is 1.77. The lowest BCUT2D eigenvalue weighted by Gasteiger charge is -2.32. The van der Waals surface area contributed by atoms with Crippen molar-refractivity contribution >= 4 is 5.91 Å². The van der Waals surface area contributed by atoms with Crippen molar-refractivity contribution < 1.29 is 14.3 Å².